The summed E-state index contributed by atoms with van der Waals surface area (Å²) in [5.41, 5.74) is 2.59. The first-order chi connectivity index (χ1) is 8.74. The number of rotatable bonds is 4. The quantitative estimate of drug-likeness (QED) is 0.485. The van der Waals surface area contributed by atoms with Crippen molar-refractivity contribution in [3.05, 3.63) is 23.7 Å². The molecule has 0 aromatic carbocycles. The number of nitrogen functional groups attached to an aromatic ring is 1. The molecule has 1 aromatic heterocycles. The van der Waals surface area contributed by atoms with Crippen molar-refractivity contribution in [1.82, 2.24) is 10.3 Å². The average molecular weight is 251 g/mol. The molecule has 1 aliphatic rings. The number of furan rings is 1. The molecule has 0 bridgehead atoms. The van der Waals surface area contributed by atoms with E-state index in [1.54, 1.807) is 6.07 Å². The zero-order valence-corrected chi connectivity index (χ0v) is 10.8. The summed E-state index contributed by atoms with van der Waals surface area (Å²) in [6.45, 7) is 4.10. The van der Waals surface area contributed by atoms with Gasteiger partial charge < -0.3 is 4.42 Å². The van der Waals surface area contributed by atoms with Crippen LogP contribution in [0, 0.1) is 0 Å². The smallest absolute Gasteiger partial charge is 0.268 e. The molecule has 18 heavy (non-hydrogen) atoms. The number of nitrogens with two attached hydrogens (primary N) is 1. The van der Waals surface area contributed by atoms with Gasteiger partial charge in [-0.05, 0) is 31.9 Å². The normalized spacial score (nSPS) is 20.9. The highest BCUT2D eigenvalue weighted by atomic mass is 16.3. The molecule has 1 saturated heterocycles. The summed E-state index contributed by atoms with van der Waals surface area (Å²) in [6, 6.07) is 2.40. The van der Waals surface area contributed by atoms with Crippen molar-refractivity contribution in [1.29, 1.82) is 0 Å². The minimum absolute atomic E-state index is 0.310. The molecule has 1 amide bonds. The Morgan fingerprint density at radius 2 is 2.44 bits per heavy atom. The number of nitrogens with zero attached hydrogens (tertiary/aromatic N) is 1. The summed E-state index contributed by atoms with van der Waals surface area (Å²) >= 11 is 0. The number of likely N-dealkylation sites (tertiary alicyclic amines) is 1. The fraction of sp³-hybridized carbons (Fsp3) is 0.615. The molecular formula is C13H21N3O2. The third-order valence-electron chi connectivity index (χ3n) is 3.63. The fourth-order valence-corrected chi connectivity index (χ4v) is 2.60. The summed E-state index contributed by atoms with van der Waals surface area (Å²) < 4.78 is 5.43. The predicted octanol–water partition coefficient (Wildman–Crippen LogP) is 1.65. The molecule has 5 nitrogen and oxygen atoms in total. The summed E-state index contributed by atoms with van der Waals surface area (Å²) in [4.78, 5) is 13.8. The lowest BCUT2D eigenvalue weighted by Crippen LogP contribution is -2.38. The molecule has 1 aromatic rings. The van der Waals surface area contributed by atoms with Gasteiger partial charge in [0.2, 0.25) is 0 Å². The van der Waals surface area contributed by atoms with Crippen LogP contribution in [-0.4, -0.2) is 23.4 Å². The molecule has 0 spiro atoms. The zero-order chi connectivity index (χ0) is 13.0. The van der Waals surface area contributed by atoms with E-state index in [9.17, 15) is 4.79 Å². The van der Waals surface area contributed by atoms with Crippen LogP contribution in [0.5, 0.6) is 0 Å². The van der Waals surface area contributed by atoms with Crippen LogP contribution in [0.4, 0.5) is 0 Å². The van der Waals surface area contributed by atoms with Crippen molar-refractivity contribution < 1.29 is 9.21 Å². The molecule has 1 unspecified atom stereocenters. The monoisotopic (exact) mass is 251 g/mol. The number of hydrogen-bond donors (Lipinski definition) is 2. The van der Waals surface area contributed by atoms with E-state index in [1.807, 2.05) is 0 Å². The lowest BCUT2D eigenvalue weighted by Gasteiger charge is -2.34. The van der Waals surface area contributed by atoms with Gasteiger partial charge >= 0.3 is 0 Å². The van der Waals surface area contributed by atoms with Crippen molar-refractivity contribution in [2.24, 2.45) is 5.84 Å². The van der Waals surface area contributed by atoms with Gasteiger partial charge in [0.25, 0.3) is 5.91 Å². The maximum absolute atomic E-state index is 11.3. The van der Waals surface area contributed by atoms with E-state index < -0.39 is 0 Å². The van der Waals surface area contributed by atoms with Gasteiger partial charge in [0.15, 0.2) is 0 Å². The van der Waals surface area contributed by atoms with E-state index in [0.717, 1.165) is 25.3 Å². The molecule has 2 rings (SSSR count). The molecule has 1 fully saturated rings. The van der Waals surface area contributed by atoms with Crippen LogP contribution in [0.25, 0.3) is 0 Å². The second-order valence-corrected chi connectivity index (χ2v) is 4.80. The number of piperidine rings is 1. The molecule has 100 valence electrons. The van der Waals surface area contributed by atoms with Crippen molar-refractivity contribution in [2.75, 3.05) is 6.54 Å². The molecule has 5 heteroatoms. The Bertz CT molecular complexity index is 403. The topological polar surface area (TPSA) is 71.5 Å². The third kappa shape index (κ3) is 2.91. The van der Waals surface area contributed by atoms with Crippen molar-refractivity contribution in [3.8, 4) is 0 Å². The van der Waals surface area contributed by atoms with Gasteiger partial charge in [0.1, 0.15) is 12.0 Å². The summed E-state index contributed by atoms with van der Waals surface area (Å²) in [5, 5.41) is 0. The van der Waals surface area contributed by atoms with Crippen molar-refractivity contribution in [3.63, 3.8) is 0 Å². The molecular weight excluding hydrogens is 230 g/mol. The molecule has 0 radical (unpaired) electrons. The van der Waals surface area contributed by atoms with Crippen LogP contribution < -0.4 is 11.3 Å². The number of hydrazine groups is 1. The zero-order valence-electron chi connectivity index (χ0n) is 10.8. The van der Waals surface area contributed by atoms with E-state index in [1.165, 1.54) is 25.5 Å². The summed E-state index contributed by atoms with van der Waals surface area (Å²) in [6.07, 6.45) is 6.44. The summed E-state index contributed by atoms with van der Waals surface area (Å²) in [7, 11) is 0. The maximum Gasteiger partial charge on any atom is 0.268 e. The van der Waals surface area contributed by atoms with E-state index in [-0.39, 0.29) is 5.91 Å². The molecule has 1 aliphatic heterocycles. The average Bonchev–Trinajstić information content (AvgIpc) is 2.87. The Morgan fingerprint density at radius 3 is 3.17 bits per heavy atom. The standard InChI is InChI=1S/C13H21N3O2/c1-2-11-5-3-4-6-16(11)8-12-7-10(9-18-12)13(17)15-14/h7,9,11H,2-6,8,14H2,1H3,(H,15,17). The van der Waals surface area contributed by atoms with Crippen LogP contribution in [-0.2, 0) is 6.54 Å². The van der Waals surface area contributed by atoms with Crippen molar-refractivity contribution >= 4 is 5.91 Å². The van der Waals surface area contributed by atoms with E-state index >= 15 is 0 Å². The van der Waals surface area contributed by atoms with Gasteiger partial charge in [-0.25, -0.2) is 5.84 Å². The second-order valence-electron chi connectivity index (χ2n) is 4.80. The molecule has 3 N–H and O–H groups in total. The fourth-order valence-electron chi connectivity index (χ4n) is 2.60. The SMILES string of the molecule is CCC1CCCCN1Cc1cc(C(=O)NN)co1. The lowest BCUT2D eigenvalue weighted by atomic mass is 10.00. The number of hydrogen-bond acceptors (Lipinski definition) is 4. The van der Waals surface area contributed by atoms with Crippen LogP contribution in [0.2, 0.25) is 0 Å². The van der Waals surface area contributed by atoms with Crippen molar-refractivity contribution in [2.45, 2.75) is 45.2 Å². The third-order valence-corrected chi connectivity index (χ3v) is 3.63. The minimum Gasteiger partial charge on any atom is -0.467 e. The van der Waals surface area contributed by atoms with Gasteiger partial charge in [0, 0.05) is 6.04 Å². The second kappa shape index (κ2) is 6.02. The van der Waals surface area contributed by atoms with Crippen LogP contribution >= 0.6 is 0 Å². The Hall–Kier alpha value is -1.33. The van der Waals surface area contributed by atoms with Gasteiger partial charge in [0.05, 0.1) is 12.1 Å². The largest absolute Gasteiger partial charge is 0.467 e. The Morgan fingerprint density at radius 1 is 1.61 bits per heavy atom. The number of nitrogens with one attached hydrogen (secondary N) is 1. The highest BCUT2D eigenvalue weighted by molar-refractivity contribution is 5.93. The highest BCUT2D eigenvalue weighted by Crippen LogP contribution is 2.22. The number of carbonyl (C=O) groups excluding carboxylic acids is 1. The van der Waals surface area contributed by atoms with Crippen LogP contribution in [0.1, 0.15) is 48.7 Å². The lowest BCUT2D eigenvalue weighted by molar-refractivity contribution is 0.0953. The van der Waals surface area contributed by atoms with Gasteiger partial charge in [-0.2, -0.15) is 0 Å². The maximum atomic E-state index is 11.3. The van der Waals surface area contributed by atoms with Crippen LogP contribution in [0.3, 0.4) is 0 Å². The minimum atomic E-state index is -0.310. The molecule has 0 saturated carbocycles. The summed E-state index contributed by atoms with van der Waals surface area (Å²) in [5.74, 6) is 5.61. The molecule has 1 atom stereocenters. The van der Waals surface area contributed by atoms with E-state index in [2.05, 4.69) is 17.2 Å². The van der Waals surface area contributed by atoms with E-state index in [0.29, 0.717) is 11.6 Å². The Labute approximate surface area is 107 Å². The Kier molecular flexibility index (Phi) is 4.38. The highest BCUT2D eigenvalue weighted by Gasteiger charge is 2.22. The van der Waals surface area contributed by atoms with Gasteiger partial charge in [-0.1, -0.05) is 13.3 Å². The predicted molar refractivity (Wildman–Crippen MR) is 68.7 cm³/mol. The number of amides is 1. The van der Waals surface area contributed by atoms with E-state index in [4.69, 9.17) is 10.3 Å². The molecule has 2 heterocycles. The van der Waals surface area contributed by atoms with Gasteiger partial charge in [-0.3, -0.25) is 15.1 Å². The first kappa shape index (κ1) is 13.1. The Balaban J connectivity index is 1.99. The first-order valence-corrected chi connectivity index (χ1v) is 6.57. The molecule has 0 aliphatic carbocycles. The number of carbonyl (C=O) groups is 1. The van der Waals surface area contributed by atoms with Gasteiger partial charge in [-0.15, -0.1) is 0 Å². The first-order valence-electron chi connectivity index (χ1n) is 6.57. The van der Waals surface area contributed by atoms with Crippen LogP contribution in [0.15, 0.2) is 16.7 Å².